The Morgan fingerprint density at radius 3 is 2.54 bits per heavy atom. The van der Waals surface area contributed by atoms with Crippen LogP contribution in [-0.4, -0.2) is 57.7 Å². The highest BCUT2D eigenvalue weighted by molar-refractivity contribution is 7.90. The van der Waals surface area contributed by atoms with Crippen molar-refractivity contribution in [2.75, 3.05) is 19.0 Å². The highest BCUT2D eigenvalue weighted by Gasteiger charge is 2.48. The molecule has 3 aliphatic rings. The summed E-state index contributed by atoms with van der Waals surface area (Å²) in [5.74, 6) is -0.0475. The van der Waals surface area contributed by atoms with E-state index in [-0.39, 0.29) is 63.7 Å². The topological polar surface area (TPSA) is 130 Å². The second-order valence-electron chi connectivity index (χ2n) is 12.1. The minimum Gasteiger partial charge on any atom is -0.466 e. The van der Waals surface area contributed by atoms with Crippen LogP contribution in [0.3, 0.4) is 0 Å². The van der Waals surface area contributed by atoms with Crippen LogP contribution in [0.5, 0.6) is 0 Å². The summed E-state index contributed by atoms with van der Waals surface area (Å²) in [4.78, 5) is 22.4. The standard InChI is InChI=1S/C33H35FN6O5S/c1-4-45-33(41)28-20-7-9-21(10-8-20)29(28)36-31-27-14-11-23(18-44-3)40(27)38-30(37-31)26-17-39(32-25(26)15-22(34)16-35-32)46(42,43)24-12-5-19(2)6-13-24/h5-6,11-17,20-21,28-29H,4,7-10,18H2,1-3H3,(H,36,37,38)/t20-,21+,28-,29-/m0/s1. The van der Waals surface area contributed by atoms with Gasteiger partial charge in [-0.2, -0.15) is 0 Å². The zero-order valence-corrected chi connectivity index (χ0v) is 26.6. The van der Waals surface area contributed by atoms with Crippen LogP contribution in [-0.2, 0) is 30.9 Å². The molecule has 0 unspecified atom stereocenters. The van der Waals surface area contributed by atoms with Gasteiger partial charge in [0, 0.05) is 30.3 Å². The molecule has 240 valence electrons. The molecule has 3 saturated carbocycles. The van der Waals surface area contributed by atoms with Gasteiger partial charge in [0.2, 0.25) is 0 Å². The van der Waals surface area contributed by atoms with Crippen LogP contribution in [0.1, 0.15) is 43.9 Å². The average molecular weight is 647 g/mol. The highest BCUT2D eigenvalue weighted by atomic mass is 32.2. The first-order chi connectivity index (χ1) is 22.2. The van der Waals surface area contributed by atoms with Crippen LogP contribution in [0.25, 0.3) is 27.9 Å². The lowest BCUT2D eigenvalue weighted by atomic mass is 9.61. The number of carbonyl (C=O) groups is 1. The van der Waals surface area contributed by atoms with Crippen molar-refractivity contribution >= 4 is 38.4 Å². The third kappa shape index (κ3) is 5.11. The van der Waals surface area contributed by atoms with E-state index in [9.17, 15) is 17.6 Å². The summed E-state index contributed by atoms with van der Waals surface area (Å²) in [6, 6.07) is 11.3. The van der Waals surface area contributed by atoms with Crippen LogP contribution >= 0.6 is 0 Å². The normalized spacial score (nSPS) is 21.2. The molecule has 1 N–H and O–H groups in total. The smallest absolute Gasteiger partial charge is 0.311 e. The number of hydrogen-bond acceptors (Lipinski definition) is 9. The van der Waals surface area contributed by atoms with Gasteiger partial charge in [-0.05, 0) is 81.7 Å². The molecule has 5 aromatic rings. The van der Waals surface area contributed by atoms with Gasteiger partial charge in [-0.25, -0.2) is 31.3 Å². The van der Waals surface area contributed by atoms with Gasteiger partial charge < -0.3 is 14.8 Å². The van der Waals surface area contributed by atoms with Gasteiger partial charge in [0.05, 0.1) is 35.9 Å². The molecule has 3 aliphatic carbocycles. The third-order valence-electron chi connectivity index (χ3n) is 9.36. The Labute approximate surface area is 265 Å². The molecular weight excluding hydrogens is 611 g/mol. The quantitative estimate of drug-likeness (QED) is 0.211. The van der Waals surface area contributed by atoms with E-state index in [0.717, 1.165) is 47.1 Å². The van der Waals surface area contributed by atoms with E-state index in [0.29, 0.717) is 17.9 Å². The Kier molecular flexibility index (Phi) is 7.76. The highest BCUT2D eigenvalue weighted by Crippen LogP contribution is 2.47. The van der Waals surface area contributed by atoms with Gasteiger partial charge in [0.15, 0.2) is 17.3 Å². The van der Waals surface area contributed by atoms with Gasteiger partial charge >= 0.3 is 5.97 Å². The molecule has 2 bridgehead atoms. The number of benzene rings is 1. The largest absolute Gasteiger partial charge is 0.466 e. The Balaban J connectivity index is 1.40. The van der Waals surface area contributed by atoms with Crippen molar-refractivity contribution < 1.29 is 27.1 Å². The number of halogens is 1. The van der Waals surface area contributed by atoms with E-state index in [1.54, 1.807) is 23.8 Å². The number of carbonyl (C=O) groups excluding carboxylic acids is 1. The van der Waals surface area contributed by atoms with Gasteiger partial charge in [0.1, 0.15) is 11.3 Å². The molecule has 4 aromatic heterocycles. The van der Waals surface area contributed by atoms with Crippen molar-refractivity contribution in [2.24, 2.45) is 17.8 Å². The third-order valence-corrected chi connectivity index (χ3v) is 11.0. The number of rotatable bonds is 9. The lowest BCUT2D eigenvalue weighted by molar-refractivity contribution is -0.154. The van der Waals surface area contributed by atoms with Gasteiger partial charge in [0.25, 0.3) is 10.0 Å². The second kappa shape index (κ2) is 11.8. The Bertz CT molecular complexity index is 2050. The molecule has 1 aromatic carbocycles. The molecular formula is C33H35FN6O5S. The lowest BCUT2D eigenvalue weighted by Crippen LogP contribution is -2.52. The van der Waals surface area contributed by atoms with Crippen molar-refractivity contribution in [3.8, 4) is 11.4 Å². The van der Waals surface area contributed by atoms with Gasteiger partial charge in [-0.1, -0.05) is 17.7 Å². The minimum atomic E-state index is -4.11. The molecule has 4 heterocycles. The van der Waals surface area contributed by atoms with E-state index >= 15 is 0 Å². The van der Waals surface area contributed by atoms with Crippen molar-refractivity contribution in [1.29, 1.82) is 0 Å². The molecule has 0 aliphatic heterocycles. The van der Waals surface area contributed by atoms with Crippen LogP contribution < -0.4 is 5.32 Å². The maximum atomic E-state index is 14.7. The first-order valence-electron chi connectivity index (χ1n) is 15.5. The Morgan fingerprint density at radius 2 is 1.83 bits per heavy atom. The predicted octanol–water partition coefficient (Wildman–Crippen LogP) is 5.36. The Morgan fingerprint density at radius 1 is 1.09 bits per heavy atom. The summed E-state index contributed by atoms with van der Waals surface area (Å²) >= 11 is 0. The summed E-state index contributed by atoms with van der Waals surface area (Å²) in [6.07, 6.45) is 6.33. The zero-order valence-electron chi connectivity index (χ0n) is 25.8. The van der Waals surface area contributed by atoms with Crippen molar-refractivity contribution in [3.05, 3.63) is 71.9 Å². The molecule has 8 rings (SSSR count). The number of methoxy groups -OCH3 is 1. The fourth-order valence-corrected chi connectivity index (χ4v) is 8.48. The molecule has 2 atom stereocenters. The van der Waals surface area contributed by atoms with Crippen LogP contribution in [0.15, 0.2) is 59.8 Å². The molecule has 0 amide bonds. The molecule has 0 radical (unpaired) electrons. The molecule has 13 heteroatoms. The second-order valence-corrected chi connectivity index (χ2v) is 14.0. The minimum absolute atomic E-state index is 0.0479. The first kappa shape index (κ1) is 30.3. The summed E-state index contributed by atoms with van der Waals surface area (Å²) in [6.45, 7) is 4.24. The van der Waals surface area contributed by atoms with E-state index in [1.165, 1.54) is 24.4 Å². The number of hydrogen-bond donors (Lipinski definition) is 1. The number of esters is 1. The number of aryl methyl sites for hydroxylation is 1. The number of nitrogens with zero attached hydrogens (tertiary/aromatic N) is 5. The summed E-state index contributed by atoms with van der Waals surface area (Å²) in [7, 11) is -2.52. The van der Waals surface area contributed by atoms with E-state index in [2.05, 4.69) is 10.3 Å². The SMILES string of the molecule is CCOC(=O)[C@H]1[C@H]2CC[C@H](CC2)[C@@H]1Nc1nc(-c2cn(S(=O)(=O)c3ccc(C)cc3)c3ncc(F)cc23)nn2c(COC)ccc12. The average Bonchev–Trinajstić information content (AvgIpc) is 3.64. The fourth-order valence-electron chi connectivity index (χ4n) is 7.16. The number of ether oxygens (including phenoxy) is 2. The summed E-state index contributed by atoms with van der Waals surface area (Å²) < 4.78 is 56.1. The van der Waals surface area contributed by atoms with Gasteiger partial charge in [-0.3, -0.25) is 4.79 Å². The maximum Gasteiger partial charge on any atom is 0.311 e. The summed E-state index contributed by atoms with van der Waals surface area (Å²) in [5.41, 5.74) is 2.64. The summed E-state index contributed by atoms with van der Waals surface area (Å²) in [5, 5.41) is 8.65. The van der Waals surface area contributed by atoms with Gasteiger partial charge in [-0.15, -0.1) is 5.10 Å². The Hall–Kier alpha value is -4.36. The van der Waals surface area contributed by atoms with Crippen LogP contribution in [0, 0.1) is 30.5 Å². The predicted molar refractivity (Wildman–Crippen MR) is 169 cm³/mol. The van der Waals surface area contributed by atoms with Crippen molar-refractivity contribution in [3.63, 3.8) is 0 Å². The number of aromatic nitrogens is 5. The van der Waals surface area contributed by atoms with E-state index in [4.69, 9.17) is 19.6 Å². The monoisotopic (exact) mass is 646 g/mol. The van der Waals surface area contributed by atoms with E-state index in [1.807, 2.05) is 26.0 Å². The van der Waals surface area contributed by atoms with Crippen LogP contribution in [0.2, 0.25) is 0 Å². The first-order valence-corrected chi connectivity index (χ1v) is 16.9. The molecule has 0 spiro atoms. The molecule has 46 heavy (non-hydrogen) atoms. The number of nitrogens with one attached hydrogen (secondary N) is 1. The number of anilines is 1. The fraction of sp³-hybridized carbons (Fsp3) is 0.394. The maximum absolute atomic E-state index is 14.7. The molecule has 11 nitrogen and oxygen atoms in total. The van der Waals surface area contributed by atoms with Crippen LogP contribution in [0.4, 0.5) is 10.2 Å². The molecule has 3 fully saturated rings. The van der Waals surface area contributed by atoms with Crippen molar-refractivity contribution in [1.82, 2.24) is 23.6 Å². The van der Waals surface area contributed by atoms with E-state index < -0.39 is 15.8 Å². The lowest BCUT2D eigenvalue weighted by Gasteiger charge is -2.47. The zero-order chi connectivity index (χ0) is 32.2. The van der Waals surface area contributed by atoms with Crippen molar-refractivity contribution in [2.45, 2.75) is 57.1 Å². The number of pyridine rings is 1. The molecule has 0 saturated heterocycles. The number of fused-ring (bicyclic) bond motifs is 5.